The van der Waals surface area contributed by atoms with Gasteiger partial charge in [0.25, 0.3) is 5.91 Å². The van der Waals surface area contributed by atoms with Crippen molar-refractivity contribution < 1.29 is 24.9 Å². The Hall–Kier alpha value is -3.76. The Morgan fingerprint density at radius 3 is 2.18 bits per heavy atom. The van der Waals surface area contributed by atoms with Crippen LogP contribution in [0.4, 0.5) is 10.6 Å². The molecule has 10 heteroatoms. The van der Waals surface area contributed by atoms with Crippen molar-refractivity contribution in [1.82, 2.24) is 20.6 Å². The number of aromatic nitrogens is 2. The first kappa shape index (κ1) is 27.3. The number of aliphatic hydroxyl groups is 2. The molecule has 1 aliphatic carbocycles. The first-order valence-electron chi connectivity index (χ1n) is 13.1. The standard InChI is InChI=1S/C28H35N5O5/c34-13-11-33(12-14-35)26-10-9-21(18-29-26)25-15-23(22-3-1-2-4-24(22)32-25)27(36)30-16-19-5-7-20(8-6-19)17-31-28(37)38/h1-4,9-10,15,18-20,31,34-35H,5-8,11-14,16-17H2,(H,30,36)(H,37,38)/t19-,20-. The molecule has 0 spiro atoms. The molecule has 202 valence electrons. The van der Waals surface area contributed by atoms with E-state index in [-0.39, 0.29) is 19.1 Å². The van der Waals surface area contributed by atoms with Crippen molar-refractivity contribution in [3.8, 4) is 11.3 Å². The number of benzene rings is 1. The Kier molecular flexibility index (Phi) is 9.45. The molecule has 0 unspecified atom stereocenters. The number of amides is 2. The van der Waals surface area contributed by atoms with Crippen LogP contribution < -0.4 is 15.5 Å². The molecule has 38 heavy (non-hydrogen) atoms. The molecule has 2 amide bonds. The van der Waals surface area contributed by atoms with E-state index in [1.54, 1.807) is 17.2 Å². The van der Waals surface area contributed by atoms with Crippen molar-refractivity contribution >= 4 is 28.7 Å². The number of rotatable bonds is 11. The van der Waals surface area contributed by atoms with E-state index in [1.165, 1.54) is 0 Å². The maximum absolute atomic E-state index is 13.3. The largest absolute Gasteiger partial charge is 0.465 e. The van der Waals surface area contributed by atoms with E-state index in [1.807, 2.05) is 36.4 Å². The van der Waals surface area contributed by atoms with Gasteiger partial charge < -0.3 is 30.9 Å². The van der Waals surface area contributed by atoms with Crippen molar-refractivity contribution in [3.05, 3.63) is 54.2 Å². The van der Waals surface area contributed by atoms with Crippen LogP contribution in [0.5, 0.6) is 0 Å². The molecule has 10 nitrogen and oxygen atoms in total. The van der Waals surface area contributed by atoms with Crippen LogP contribution in [0.25, 0.3) is 22.2 Å². The van der Waals surface area contributed by atoms with Gasteiger partial charge in [-0.1, -0.05) is 18.2 Å². The summed E-state index contributed by atoms with van der Waals surface area (Å²) in [6.07, 6.45) is 4.50. The van der Waals surface area contributed by atoms with Crippen LogP contribution in [0, 0.1) is 11.8 Å². The fourth-order valence-corrected chi connectivity index (χ4v) is 5.02. The van der Waals surface area contributed by atoms with Gasteiger partial charge in [0.15, 0.2) is 0 Å². The highest BCUT2D eigenvalue weighted by Crippen LogP contribution is 2.29. The average Bonchev–Trinajstić information content (AvgIpc) is 2.94. The van der Waals surface area contributed by atoms with Crippen LogP contribution in [-0.4, -0.2) is 76.7 Å². The summed E-state index contributed by atoms with van der Waals surface area (Å²) in [5.74, 6) is 1.21. The summed E-state index contributed by atoms with van der Waals surface area (Å²) in [5.41, 5.74) is 2.66. The molecule has 0 atom stereocenters. The maximum atomic E-state index is 13.3. The smallest absolute Gasteiger partial charge is 0.404 e. The monoisotopic (exact) mass is 521 g/mol. The van der Waals surface area contributed by atoms with Crippen molar-refractivity contribution in [2.75, 3.05) is 44.3 Å². The van der Waals surface area contributed by atoms with Gasteiger partial charge in [-0.3, -0.25) is 4.79 Å². The van der Waals surface area contributed by atoms with Gasteiger partial charge in [-0.05, 0) is 61.8 Å². The Labute approximate surface area is 221 Å². The maximum Gasteiger partial charge on any atom is 0.404 e. The first-order chi connectivity index (χ1) is 18.5. The van der Waals surface area contributed by atoms with Gasteiger partial charge in [-0.25, -0.2) is 14.8 Å². The van der Waals surface area contributed by atoms with Crippen LogP contribution in [-0.2, 0) is 0 Å². The molecule has 0 aliphatic heterocycles. The third-order valence-corrected chi connectivity index (χ3v) is 7.13. The Morgan fingerprint density at radius 2 is 1.58 bits per heavy atom. The summed E-state index contributed by atoms with van der Waals surface area (Å²) < 4.78 is 0. The van der Waals surface area contributed by atoms with E-state index in [9.17, 15) is 19.8 Å². The van der Waals surface area contributed by atoms with E-state index in [0.29, 0.717) is 60.6 Å². The minimum Gasteiger partial charge on any atom is -0.465 e. The summed E-state index contributed by atoms with van der Waals surface area (Å²) in [7, 11) is 0. The van der Waals surface area contributed by atoms with Crippen molar-refractivity contribution in [1.29, 1.82) is 0 Å². The van der Waals surface area contributed by atoms with Crippen molar-refractivity contribution in [2.24, 2.45) is 11.8 Å². The van der Waals surface area contributed by atoms with E-state index in [0.717, 1.165) is 36.6 Å². The molecule has 1 aliphatic rings. The van der Waals surface area contributed by atoms with E-state index >= 15 is 0 Å². The lowest BCUT2D eigenvalue weighted by molar-refractivity contribution is 0.0942. The minimum atomic E-state index is -0.986. The second-order valence-corrected chi connectivity index (χ2v) is 9.69. The van der Waals surface area contributed by atoms with Gasteiger partial charge in [-0.2, -0.15) is 0 Å². The van der Waals surface area contributed by atoms with Gasteiger partial charge in [0, 0.05) is 43.3 Å². The molecule has 2 heterocycles. The van der Waals surface area contributed by atoms with Gasteiger partial charge >= 0.3 is 6.09 Å². The molecule has 4 rings (SSSR count). The Balaban J connectivity index is 1.47. The molecule has 0 saturated heterocycles. The average molecular weight is 522 g/mol. The first-order valence-corrected chi connectivity index (χ1v) is 13.1. The molecular formula is C28H35N5O5. The number of para-hydroxylation sites is 1. The third-order valence-electron chi connectivity index (χ3n) is 7.13. The molecule has 3 aromatic rings. The van der Waals surface area contributed by atoms with Crippen LogP contribution >= 0.6 is 0 Å². The molecule has 1 aromatic carbocycles. The molecule has 0 bridgehead atoms. The topological polar surface area (TPSA) is 148 Å². The van der Waals surface area contributed by atoms with Gasteiger partial charge in [0.2, 0.25) is 0 Å². The van der Waals surface area contributed by atoms with E-state index < -0.39 is 6.09 Å². The fourth-order valence-electron chi connectivity index (χ4n) is 5.02. The van der Waals surface area contributed by atoms with Crippen LogP contribution in [0.3, 0.4) is 0 Å². The Morgan fingerprint density at radius 1 is 0.921 bits per heavy atom. The zero-order chi connectivity index (χ0) is 26.9. The predicted molar refractivity (Wildman–Crippen MR) is 145 cm³/mol. The number of aliphatic hydroxyl groups excluding tert-OH is 2. The fraction of sp³-hybridized carbons (Fsp3) is 0.429. The van der Waals surface area contributed by atoms with Crippen molar-refractivity contribution in [2.45, 2.75) is 25.7 Å². The molecule has 1 saturated carbocycles. The number of hydrogen-bond acceptors (Lipinski definition) is 7. The third kappa shape index (κ3) is 6.96. The number of carbonyl (C=O) groups is 2. The highest BCUT2D eigenvalue weighted by Gasteiger charge is 2.23. The lowest BCUT2D eigenvalue weighted by Crippen LogP contribution is -2.34. The number of carbonyl (C=O) groups excluding carboxylic acids is 1. The van der Waals surface area contributed by atoms with Crippen LogP contribution in [0.1, 0.15) is 36.0 Å². The SMILES string of the molecule is O=C(O)NC[C@H]1CC[C@H](CNC(=O)c2cc(-c3ccc(N(CCO)CCO)nc3)nc3ccccc23)CC1. The van der Waals surface area contributed by atoms with Gasteiger partial charge in [0.05, 0.1) is 30.0 Å². The zero-order valence-corrected chi connectivity index (χ0v) is 21.3. The highest BCUT2D eigenvalue weighted by molar-refractivity contribution is 6.07. The zero-order valence-electron chi connectivity index (χ0n) is 21.3. The number of nitrogens with zero attached hydrogens (tertiary/aromatic N) is 3. The summed E-state index contributed by atoms with van der Waals surface area (Å²) in [4.78, 5) is 35.1. The Bertz CT molecular complexity index is 1220. The normalized spacial score (nSPS) is 17.2. The molecule has 2 aromatic heterocycles. The molecule has 0 radical (unpaired) electrons. The predicted octanol–water partition coefficient (Wildman–Crippen LogP) is 2.89. The molecular weight excluding hydrogens is 486 g/mol. The lowest BCUT2D eigenvalue weighted by Gasteiger charge is -2.28. The van der Waals surface area contributed by atoms with Crippen LogP contribution in [0.15, 0.2) is 48.7 Å². The number of nitrogens with one attached hydrogen (secondary N) is 2. The minimum absolute atomic E-state index is 0.0441. The second-order valence-electron chi connectivity index (χ2n) is 9.69. The summed E-state index contributed by atoms with van der Waals surface area (Å²) in [6, 6.07) is 13.0. The van der Waals surface area contributed by atoms with Crippen LogP contribution in [0.2, 0.25) is 0 Å². The van der Waals surface area contributed by atoms with E-state index in [4.69, 9.17) is 10.1 Å². The lowest BCUT2D eigenvalue weighted by atomic mass is 9.82. The van der Waals surface area contributed by atoms with Crippen molar-refractivity contribution in [3.63, 3.8) is 0 Å². The molecule has 5 N–H and O–H groups in total. The number of carboxylic acid groups (broad SMARTS) is 1. The second kappa shape index (κ2) is 13.2. The van der Waals surface area contributed by atoms with E-state index in [2.05, 4.69) is 15.6 Å². The number of fused-ring (bicyclic) bond motifs is 1. The quantitative estimate of drug-likeness (QED) is 0.259. The summed E-state index contributed by atoms with van der Waals surface area (Å²) >= 11 is 0. The molecule has 1 fully saturated rings. The number of pyridine rings is 2. The van der Waals surface area contributed by atoms with Gasteiger partial charge in [-0.15, -0.1) is 0 Å². The summed E-state index contributed by atoms with van der Waals surface area (Å²) in [5, 5.41) is 33.8. The van der Waals surface area contributed by atoms with Gasteiger partial charge in [0.1, 0.15) is 5.82 Å². The summed E-state index contributed by atoms with van der Waals surface area (Å²) in [6.45, 7) is 1.70. The number of hydrogen-bond donors (Lipinski definition) is 5. The number of anilines is 1. The highest BCUT2D eigenvalue weighted by atomic mass is 16.4.